The Morgan fingerprint density at radius 1 is 1.25 bits per heavy atom. The van der Waals surface area contributed by atoms with Gasteiger partial charge in [-0.15, -0.1) is 0 Å². The molecule has 16 heavy (non-hydrogen) atoms. The van der Waals surface area contributed by atoms with Crippen LogP contribution >= 0.6 is 0 Å². The zero-order chi connectivity index (χ0) is 12.8. The summed E-state index contributed by atoms with van der Waals surface area (Å²) in [7, 11) is 0. The zero-order valence-corrected chi connectivity index (χ0v) is 11.5. The van der Waals surface area contributed by atoms with Crippen LogP contribution in [0.2, 0.25) is 0 Å². The van der Waals surface area contributed by atoms with E-state index in [1.54, 1.807) is 0 Å². The molecule has 0 aliphatic heterocycles. The first-order valence-corrected chi connectivity index (χ1v) is 6.32. The van der Waals surface area contributed by atoms with Crippen LogP contribution in [0.4, 0.5) is 0 Å². The molecule has 2 heteroatoms. The lowest BCUT2D eigenvalue weighted by atomic mass is 9.79. The highest BCUT2D eigenvalue weighted by molar-refractivity contribution is 5.50. The molecule has 0 bridgehead atoms. The lowest BCUT2D eigenvalue weighted by Gasteiger charge is -2.26. The highest BCUT2D eigenvalue weighted by Crippen LogP contribution is 2.30. The van der Waals surface area contributed by atoms with Crippen molar-refractivity contribution < 1.29 is 9.90 Å². The monoisotopic (exact) mass is 228 g/mol. The molecule has 0 aromatic heterocycles. The third-order valence-electron chi connectivity index (χ3n) is 3.02. The van der Waals surface area contributed by atoms with E-state index in [1.807, 2.05) is 13.8 Å². The Hall–Kier alpha value is -0.370. The molecule has 0 rings (SSSR count). The van der Waals surface area contributed by atoms with Gasteiger partial charge >= 0.3 is 0 Å². The van der Waals surface area contributed by atoms with Crippen molar-refractivity contribution in [3.63, 3.8) is 0 Å². The number of carbonyl (C=O) groups is 1. The first kappa shape index (κ1) is 15.6. The second kappa shape index (κ2) is 6.39. The van der Waals surface area contributed by atoms with Crippen molar-refractivity contribution in [2.45, 2.75) is 72.3 Å². The van der Waals surface area contributed by atoms with Crippen LogP contribution in [0.1, 0.15) is 66.7 Å². The minimum absolute atomic E-state index is 0.121. The van der Waals surface area contributed by atoms with E-state index in [1.165, 1.54) is 0 Å². The van der Waals surface area contributed by atoms with Gasteiger partial charge in [0.1, 0.15) is 6.29 Å². The van der Waals surface area contributed by atoms with Gasteiger partial charge in [-0.05, 0) is 38.0 Å². The fourth-order valence-corrected chi connectivity index (χ4v) is 2.24. The predicted octanol–water partition coefficient (Wildman–Crippen LogP) is 3.57. The second-order valence-electron chi connectivity index (χ2n) is 6.55. The normalized spacial score (nSPS) is 14.9. The van der Waals surface area contributed by atoms with Crippen molar-refractivity contribution in [2.75, 3.05) is 0 Å². The Bertz CT molecular complexity index is 201. The van der Waals surface area contributed by atoms with E-state index in [2.05, 4.69) is 20.8 Å². The molecule has 1 atom stereocenters. The van der Waals surface area contributed by atoms with E-state index >= 15 is 0 Å². The van der Waals surface area contributed by atoms with Gasteiger partial charge in [0.2, 0.25) is 0 Å². The number of hydrogen-bond acceptors (Lipinski definition) is 2. The first-order valence-electron chi connectivity index (χ1n) is 6.32. The van der Waals surface area contributed by atoms with Gasteiger partial charge in [0, 0.05) is 6.42 Å². The molecule has 0 aliphatic rings. The van der Waals surface area contributed by atoms with E-state index in [-0.39, 0.29) is 5.41 Å². The van der Waals surface area contributed by atoms with Gasteiger partial charge in [-0.3, -0.25) is 0 Å². The van der Waals surface area contributed by atoms with E-state index in [0.717, 1.165) is 32.0 Å². The Morgan fingerprint density at radius 3 is 2.25 bits per heavy atom. The van der Waals surface area contributed by atoms with E-state index in [0.29, 0.717) is 12.3 Å². The molecule has 0 fully saturated rings. The maximum absolute atomic E-state index is 10.5. The summed E-state index contributed by atoms with van der Waals surface area (Å²) in [5.41, 5.74) is -0.423. The van der Waals surface area contributed by atoms with Gasteiger partial charge in [0.25, 0.3) is 0 Å². The Balaban J connectivity index is 3.82. The zero-order valence-electron chi connectivity index (χ0n) is 11.5. The number of hydrogen-bond donors (Lipinski definition) is 1. The summed E-state index contributed by atoms with van der Waals surface area (Å²) in [5.74, 6) is 0.622. The molecule has 1 N–H and O–H groups in total. The van der Waals surface area contributed by atoms with Crippen molar-refractivity contribution in [1.29, 1.82) is 0 Å². The van der Waals surface area contributed by atoms with Crippen molar-refractivity contribution in [3.05, 3.63) is 0 Å². The first-order chi connectivity index (χ1) is 7.16. The van der Waals surface area contributed by atoms with Gasteiger partial charge in [0.05, 0.1) is 5.60 Å². The highest BCUT2D eigenvalue weighted by atomic mass is 16.3. The minimum Gasteiger partial charge on any atom is -0.390 e. The Kier molecular flexibility index (Phi) is 6.24. The van der Waals surface area contributed by atoms with Crippen LogP contribution in [0.15, 0.2) is 0 Å². The maximum Gasteiger partial charge on any atom is 0.120 e. The number of aliphatic hydroxyl groups is 1. The summed E-state index contributed by atoms with van der Waals surface area (Å²) >= 11 is 0. The molecule has 0 saturated heterocycles. The van der Waals surface area contributed by atoms with Crippen LogP contribution in [0.3, 0.4) is 0 Å². The van der Waals surface area contributed by atoms with Gasteiger partial charge in [-0.1, -0.05) is 33.6 Å². The third-order valence-corrected chi connectivity index (χ3v) is 3.02. The van der Waals surface area contributed by atoms with Crippen LogP contribution in [0.25, 0.3) is 0 Å². The molecule has 0 amide bonds. The summed E-state index contributed by atoms with van der Waals surface area (Å²) in [4.78, 5) is 10.5. The fraction of sp³-hybridized carbons (Fsp3) is 0.929. The van der Waals surface area contributed by atoms with Crippen molar-refractivity contribution >= 4 is 6.29 Å². The van der Waals surface area contributed by atoms with Crippen LogP contribution in [-0.2, 0) is 4.79 Å². The topological polar surface area (TPSA) is 37.3 Å². The highest BCUT2D eigenvalue weighted by Gasteiger charge is 2.21. The maximum atomic E-state index is 10.5. The smallest absolute Gasteiger partial charge is 0.120 e. The van der Waals surface area contributed by atoms with E-state index in [4.69, 9.17) is 0 Å². The van der Waals surface area contributed by atoms with Crippen LogP contribution < -0.4 is 0 Å². The van der Waals surface area contributed by atoms with Gasteiger partial charge < -0.3 is 9.90 Å². The minimum atomic E-state index is -0.544. The van der Waals surface area contributed by atoms with Crippen molar-refractivity contribution in [1.82, 2.24) is 0 Å². The molecule has 0 aliphatic carbocycles. The average Bonchev–Trinajstić information content (AvgIpc) is 1.99. The lowest BCUT2D eigenvalue weighted by molar-refractivity contribution is -0.109. The lowest BCUT2D eigenvalue weighted by Crippen LogP contribution is -2.19. The Labute approximate surface area is 100 Å². The second-order valence-corrected chi connectivity index (χ2v) is 6.55. The number of aldehydes is 1. The summed E-state index contributed by atoms with van der Waals surface area (Å²) < 4.78 is 0. The molecule has 0 saturated carbocycles. The molecular weight excluding hydrogens is 200 g/mol. The molecular formula is C14H28O2. The van der Waals surface area contributed by atoms with Gasteiger partial charge in [-0.2, -0.15) is 0 Å². The third kappa shape index (κ3) is 8.90. The molecule has 0 heterocycles. The molecule has 0 radical (unpaired) electrons. The molecule has 0 spiro atoms. The van der Waals surface area contributed by atoms with E-state index in [9.17, 15) is 9.90 Å². The fourth-order valence-electron chi connectivity index (χ4n) is 2.24. The van der Waals surface area contributed by atoms with Crippen LogP contribution in [-0.4, -0.2) is 17.0 Å². The van der Waals surface area contributed by atoms with Crippen LogP contribution in [0, 0.1) is 11.3 Å². The summed E-state index contributed by atoms with van der Waals surface area (Å²) in [5, 5.41) is 9.60. The molecule has 0 aromatic rings. The average molecular weight is 228 g/mol. The van der Waals surface area contributed by atoms with Gasteiger partial charge in [0.15, 0.2) is 0 Å². The molecule has 2 nitrogen and oxygen atoms in total. The molecule has 96 valence electrons. The summed E-state index contributed by atoms with van der Waals surface area (Å²) in [6.45, 7) is 10.2. The summed E-state index contributed by atoms with van der Waals surface area (Å²) in [6.07, 6.45) is 5.78. The standard InChI is InChI=1S/C14H28O2/c1-12(7-6-8-14(4,5)16)11-13(2,3)9-10-15/h10,12,16H,6-9,11H2,1-5H3. The van der Waals surface area contributed by atoms with Gasteiger partial charge in [-0.25, -0.2) is 0 Å². The van der Waals surface area contributed by atoms with E-state index < -0.39 is 5.60 Å². The largest absolute Gasteiger partial charge is 0.390 e. The SMILES string of the molecule is CC(CCCC(C)(C)O)CC(C)(C)CC=O. The number of rotatable bonds is 8. The summed E-state index contributed by atoms with van der Waals surface area (Å²) in [6, 6.07) is 0. The Morgan fingerprint density at radius 2 is 1.81 bits per heavy atom. The molecule has 0 aromatic carbocycles. The number of carbonyl (C=O) groups excluding carboxylic acids is 1. The van der Waals surface area contributed by atoms with Crippen molar-refractivity contribution in [2.24, 2.45) is 11.3 Å². The quantitative estimate of drug-likeness (QED) is 0.645. The van der Waals surface area contributed by atoms with Crippen LogP contribution in [0.5, 0.6) is 0 Å². The predicted molar refractivity (Wildman–Crippen MR) is 68.4 cm³/mol. The van der Waals surface area contributed by atoms with Crippen molar-refractivity contribution in [3.8, 4) is 0 Å². The molecule has 1 unspecified atom stereocenters.